The molecule has 1 heterocycles. The van der Waals surface area contributed by atoms with Gasteiger partial charge in [0.2, 0.25) is 0 Å². The summed E-state index contributed by atoms with van der Waals surface area (Å²) in [6, 6.07) is 1.82. The summed E-state index contributed by atoms with van der Waals surface area (Å²) in [5.41, 5.74) is 8.13. The van der Waals surface area contributed by atoms with Crippen molar-refractivity contribution in [1.29, 1.82) is 5.41 Å². The number of aryl methyl sites for hydroxylation is 1. The summed E-state index contributed by atoms with van der Waals surface area (Å²) in [6.45, 7) is 5.04. The summed E-state index contributed by atoms with van der Waals surface area (Å²) >= 11 is 0. The fraction of sp³-hybridized carbons (Fsp3) is 0.571. The minimum absolute atomic E-state index is 0.0937. The van der Waals surface area contributed by atoms with Gasteiger partial charge in [0.15, 0.2) is 0 Å². The Morgan fingerprint density at radius 1 is 1.50 bits per heavy atom. The van der Waals surface area contributed by atoms with Crippen LogP contribution in [-0.4, -0.2) is 10.4 Å². The molecule has 0 aromatic carbocycles. The van der Waals surface area contributed by atoms with E-state index in [0.29, 0.717) is 11.5 Å². The van der Waals surface area contributed by atoms with Crippen molar-refractivity contribution in [2.24, 2.45) is 11.7 Å². The highest BCUT2D eigenvalue weighted by atomic mass is 16.1. The third-order valence-electron chi connectivity index (χ3n) is 3.57. The van der Waals surface area contributed by atoms with Crippen LogP contribution in [0.15, 0.2) is 10.9 Å². The van der Waals surface area contributed by atoms with E-state index in [1.165, 1.54) is 5.56 Å². The molecule has 0 atom stereocenters. The summed E-state index contributed by atoms with van der Waals surface area (Å²) in [5.74, 6) is 0.447. The van der Waals surface area contributed by atoms with Crippen LogP contribution >= 0.6 is 0 Å². The smallest absolute Gasteiger partial charge is 0.261 e. The standard InChI is InChI=1S/C14H21N3O/c1-9(2)6-7-17-12-5-3-4-10(12)8-11(13(15)16)14(17)18/h8-9H,3-7H2,1-2H3,(H3,15,16). The minimum atomic E-state index is -0.118. The average molecular weight is 247 g/mol. The number of fused-ring (bicyclic) bond motifs is 1. The number of amidine groups is 1. The monoisotopic (exact) mass is 247 g/mol. The fourth-order valence-electron chi connectivity index (χ4n) is 2.54. The molecule has 0 aliphatic heterocycles. The highest BCUT2D eigenvalue weighted by Crippen LogP contribution is 2.21. The molecule has 0 amide bonds. The SMILES string of the molecule is CC(C)CCn1c2c(cc(C(=N)N)c1=O)CCC2. The topological polar surface area (TPSA) is 71.9 Å². The van der Waals surface area contributed by atoms with E-state index in [4.69, 9.17) is 11.1 Å². The van der Waals surface area contributed by atoms with E-state index in [0.717, 1.165) is 37.9 Å². The summed E-state index contributed by atoms with van der Waals surface area (Å²) in [6.07, 6.45) is 4.05. The third kappa shape index (κ3) is 2.33. The van der Waals surface area contributed by atoms with Crippen LogP contribution in [0.3, 0.4) is 0 Å². The van der Waals surface area contributed by atoms with Gasteiger partial charge in [0, 0.05) is 12.2 Å². The van der Waals surface area contributed by atoms with Crippen molar-refractivity contribution >= 4 is 5.84 Å². The first-order chi connectivity index (χ1) is 8.50. The highest BCUT2D eigenvalue weighted by Gasteiger charge is 2.19. The highest BCUT2D eigenvalue weighted by molar-refractivity contribution is 5.94. The van der Waals surface area contributed by atoms with E-state index in [-0.39, 0.29) is 11.4 Å². The summed E-state index contributed by atoms with van der Waals surface area (Å²) in [7, 11) is 0. The molecule has 1 aromatic rings. The maximum absolute atomic E-state index is 12.3. The molecule has 0 unspecified atom stereocenters. The lowest BCUT2D eigenvalue weighted by atomic mass is 10.1. The maximum atomic E-state index is 12.3. The molecular formula is C14H21N3O. The number of hydrogen-bond donors (Lipinski definition) is 2. The molecule has 0 spiro atoms. The zero-order valence-electron chi connectivity index (χ0n) is 11.1. The Balaban J connectivity index is 2.48. The van der Waals surface area contributed by atoms with Crippen LogP contribution in [0.4, 0.5) is 0 Å². The van der Waals surface area contributed by atoms with Gasteiger partial charge in [-0.15, -0.1) is 0 Å². The second kappa shape index (κ2) is 4.96. The molecule has 98 valence electrons. The Morgan fingerprint density at radius 2 is 2.22 bits per heavy atom. The molecular weight excluding hydrogens is 226 g/mol. The van der Waals surface area contributed by atoms with E-state index in [2.05, 4.69) is 13.8 Å². The number of pyridine rings is 1. The molecule has 0 radical (unpaired) electrons. The number of nitrogens with one attached hydrogen (secondary N) is 1. The van der Waals surface area contributed by atoms with Gasteiger partial charge in [0.05, 0.1) is 5.56 Å². The van der Waals surface area contributed by atoms with Crippen LogP contribution in [0.2, 0.25) is 0 Å². The van der Waals surface area contributed by atoms with Gasteiger partial charge in [0.1, 0.15) is 5.84 Å². The Kier molecular flexibility index (Phi) is 3.55. The Morgan fingerprint density at radius 3 is 2.83 bits per heavy atom. The molecule has 18 heavy (non-hydrogen) atoms. The van der Waals surface area contributed by atoms with Crippen LogP contribution < -0.4 is 11.3 Å². The van der Waals surface area contributed by atoms with Gasteiger partial charge in [-0.1, -0.05) is 13.8 Å². The molecule has 1 aliphatic rings. The van der Waals surface area contributed by atoms with E-state index in [1.807, 2.05) is 10.6 Å². The molecule has 0 saturated carbocycles. The largest absolute Gasteiger partial charge is 0.384 e. The molecule has 0 saturated heterocycles. The number of nitrogens with two attached hydrogens (primary N) is 1. The lowest BCUT2D eigenvalue weighted by Crippen LogP contribution is -2.32. The Labute approximate surface area is 107 Å². The lowest BCUT2D eigenvalue weighted by molar-refractivity contribution is 0.498. The summed E-state index contributed by atoms with van der Waals surface area (Å²) < 4.78 is 1.85. The Bertz CT molecular complexity index is 529. The van der Waals surface area contributed by atoms with Crippen molar-refractivity contribution in [2.75, 3.05) is 0 Å². The molecule has 4 nitrogen and oxygen atoms in total. The van der Waals surface area contributed by atoms with Crippen LogP contribution in [0.1, 0.15) is 43.5 Å². The predicted octanol–water partition coefficient (Wildman–Crippen LogP) is 1.67. The van der Waals surface area contributed by atoms with Crippen LogP contribution in [0.25, 0.3) is 0 Å². The van der Waals surface area contributed by atoms with Crippen molar-refractivity contribution in [3.8, 4) is 0 Å². The van der Waals surface area contributed by atoms with Gasteiger partial charge < -0.3 is 10.3 Å². The zero-order chi connectivity index (χ0) is 13.3. The van der Waals surface area contributed by atoms with Crippen LogP contribution in [0.5, 0.6) is 0 Å². The van der Waals surface area contributed by atoms with E-state index in [9.17, 15) is 4.79 Å². The second-order valence-corrected chi connectivity index (χ2v) is 5.44. The zero-order valence-corrected chi connectivity index (χ0v) is 11.1. The van der Waals surface area contributed by atoms with Gasteiger partial charge in [-0.05, 0) is 43.2 Å². The maximum Gasteiger partial charge on any atom is 0.261 e. The van der Waals surface area contributed by atoms with Gasteiger partial charge in [-0.3, -0.25) is 10.2 Å². The molecule has 4 heteroatoms. The summed E-state index contributed by atoms with van der Waals surface area (Å²) in [5, 5.41) is 7.52. The predicted molar refractivity (Wildman–Crippen MR) is 73.2 cm³/mol. The first kappa shape index (κ1) is 12.9. The van der Waals surface area contributed by atoms with Crippen LogP contribution in [-0.2, 0) is 19.4 Å². The first-order valence-corrected chi connectivity index (χ1v) is 6.60. The molecule has 3 N–H and O–H groups in total. The normalized spacial score (nSPS) is 13.9. The lowest BCUT2D eigenvalue weighted by Gasteiger charge is -2.15. The number of nitrogen functional groups attached to an aromatic ring is 1. The van der Waals surface area contributed by atoms with Crippen LogP contribution in [0, 0.1) is 11.3 Å². The minimum Gasteiger partial charge on any atom is -0.384 e. The van der Waals surface area contributed by atoms with Gasteiger partial charge in [-0.2, -0.15) is 0 Å². The van der Waals surface area contributed by atoms with Gasteiger partial charge in [0.25, 0.3) is 5.56 Å². The Hall–Kier alpha value is -1.58. The fourth-order valence-corrected chi connectivity index (χ4v) is 2.54. The van der Waals surface area contributed by atoms with Crippen molar-refractivity contribution in [1.82, 2.24) is 4.57 Å². The number of hydrogen-bond acceptors (Lipinski definition) is 2. The van der Waals surface area contributed by atoms with Crippen molar-refractivity contribution in [3.63, 3.8) is 0 Å². The first-order valence-electron chi connectivity index (χ1n) is 6.60. The molecule has 1 aromatic heterocycles. The number of rotatable bonds is 4. The molecule has 0 fully saturated rings. The van der Waals surface area contributed by atoms with Gasteiger partial charge in [-0.25, -0.2) is 0 Å². The van der Waals surface area contributed by atoms with Crippen molar-refractivity contribution in [3.05, 3.63) is 33.2 Å². The van der Waals surface area contributed by atoms with E-state index < -0.39 is 0 Å². The van der Waals surface area contributed by atoms with E-state index >= 15 is 0 Å². The third-order valence-corrected chi connectivity index (χ3v) is 3.57. The van der Waals surface area contributed by atoms with Crippen molar-refractivity contribution in [2.45, 2.75) is 46.1 Å². The number of nitrogens with zero attached hydrogens (tertiary/aromatic N) is 1. The average Bonchev–Trinajstić information content (AvgIpc) is 2.74. The quantitative estimate of drug-likeness (QED) is 0.627. The van der Waals surface area contributed by atoms with Crippen molar-refractivity contribution < 1.29 is 0 Å². The second-order valence-electron chi connectivity index (χ2n) is 5.44. The number of aromatic nitrogens is 1. The van der Waals surface area contributed by atoms with Gasteiger partial charge >= 0.3 is 0 Å². The van der Waals surface area contributed by atoms with E-state index in [1.54, 1.807) is 0 Å². The molecule has 0 bridgehead atoms. The summed E-state index contributed by atoms with van der Waals surface area (Å²) in [4.78, 5) is 12.3. The molecule has 1 aliphatic carbocycles. The molecule has 2 rings (SSSR count).